The Morgan fingerprint density at radius 1 is 1.00 bits per heavy atom. The van der Waals surface area contributed by atoms with Crippen molar-refractivity contribution < 1.29 is 9.47 Å². The molecule has 2 aromatic rings. The number of methoxy groups -OCH3 is 2. The largest absolute Gasteiger partial charge is 0.496 e. The van der Waals surface area contributed by atoms with E-state index in [4.69, 9.17) is 9.47 Å². The Labute approximate surface area is 193 Å². The second kappa shape index (κ2) is 11.8. The number of piperidine rings is 1. The summed E-state index contributed by atoms with van der Waals surface area (Å²) in [5.41, 5.74) is 3.70. The highest BCUT2D eigenvalue weighted by atomic mass is 16.5. The summed E-state index contributed by atoms with van der Waals surface area (Å²) in [5.74, 6) is 1.66. The normalized spacial score (nSPS) is 18.5. The molecule has 1 aliphatic heterocycles. The van der Waals surface area contributed by atoms with Gasteiger partial charge in [-0.05, 0) is 74.0 Å². The van der Waals surface area contributed by atoms with Gasteiger partial charge in [0, 0.05) is 50.7 Å². The molecule has 32 heavy (non-hydrogen) atoms. The van der Waals surface area contributed by atoms with Gasteiger partial charge in [-0.15, -0.1) is 0 Å². The fraction of sp³-hybridized carbons (Fsp3) is 0.593. The smallest absolute Gasteiger partial charge is 0.124 e. The van der Waals surface area contributed by atoms with E-state index >= 15 is 0 Å². The Hall–Kier alpha value is -1.95. The zero-order valence-corrected chi connectivity index (χ0v) is 19.8. The van der Waals surface area contributed by atoms with Crippen LogP contribution in [0.1, 0.15) is 55.2 Å². The van der Waals surface area contributed by atoms with Crippen molar-refractivity contribution in [2.24, 2.45) is 5.92 Å². The standard InChI is InChI=1S/C27H39N3O2/c1-31-21-25-16-23(9-10-27(25)32-2)19-29(20-24-6-5-13-28-17-24)18-22-11-14-30(15-12-22)26-7-3-4-8-26/h5-6,9-10,13,16-17,22,26H,3-4,7-8,11-12,14-15,18-21H2,1-2H3. The van der Waals surface area contributed by atoms with Crippen molar-refractivity contribution in [3.05, 3.63) is 59.4 Å². The molecule has 2 aliphatic rings. The first-order chi connectivity index (χ1) is 15.7. The maximum atomic E-state index is 5.52. The van der Waals surface area contributed by atoms with Crippen LogP contribution in [0.5, 0.6) is 5.75 Å². The molecule has 2 fully saturated rings. The van der Waals surface area contributed by atoms with E-state index in [0.29, 0.717) is 6.61 Å². The van der Waals surface area contributed by atoms with E-state index in [2.05, 4.69) is 39.0 Å². The van der Waals surface area contributed by atoms with Crippen molar-refractivity contribution in [2.45, 2.75) is 64.3 Å². The van der Waals surface area contributed by atoms with Gasteiger partial charge in [0.05, 0.1) is 13.7 Å². The molecular formula is C27H39N3O2. The van der Waals surface area contributed by atoms with E-state index in [1.54, 1.807) is 14.2 Å². The molecule has 0 atom stereocenters. The Morgan fingerprint density at radius 2 is 1.78 bits per heavy atom. The van der Waals surface area contributed by atoms with Gasteiger partial charge in [0.15, 0.2) is 0 Å². The maximum absolute atomic E-state index is 5.52. The van der Waals surface area contributed by atoms with E-state index < -0.39 is 0 Å². The summed E-state index contributed by atoms with van der Waals surface area (Å²) in [6, 6.07) is 11.6. The summed E-state index contributed by atoms with van der Waals surface area (Å²) in [5, 5.41) is 0. The molecule has 1 saturated heterocycles. The number of rotatable bonds is 10. The number of ether oxygens (including phenoxy) is 2. The molecule has 2 heterocycles. The van der Waals surface area contributed by atoms with Gasteiger partial charge in [0.2, 0.25) is 0 Å². The van der Waals surface area contributed by atoms with E-state index in [1.165, 1.54) is 62.7 Å². The molecule has 0 bridgehead atoms. The van der Waals surface area contributed by atoms with Gasteiger partial charge >= 0.3 is 0 Å². The molecule has 4 rings (SSSR count). The minimum absolute atomic E-state index is 0.569. The Morgan fingerprint density at radius 3 is 2.47 bits per heavy atom. The Balaban J connectivity index is 1.41. The van der Waals surface area contributed by atoms with E-state index in [-0.39, 0.29) is 0 Å². The molecule has 1 aromatic carbocycles. The van der Waals surface area contributed by atoms with Gasteiger partial charge in [-0.3, -0.25) is 9.88 Å². The number of hydrogen-bond donors (Lipinski definition) is 0. The van der Waals surface area contributed by atoms with Crippen LogP contribution in [0.15, 0.2) is 42.7 Å². The number of aromatic nitrogens is 1. The third-order valence-corrected chi connectivity index (χ3v) is 7.19. The van der Waals surface area contributed by atoms with Crippen LogP contribution in [0, 0.1) is 5.92 Å². The molecule has 174 valence electrons. The van der Waals surface area contributed by atoms with Crippen molar-refractivity contribution in [2.75, 3.05) is 33.9 Å². The summed E-state index contributed by atoms with van der Waals surface area (Å²) >= 11 is 0. The molecule has 1 aromatic heterocycles. The van der Waals surface area contributed by atoms with Crippen molar-refractivity contribution in [1.29, 1.82) is 0 Å². The first kappa shape index (κ1) is 23.2. The summed E-state index contributed by atoms with van der Waals surface area (Å²) in [6.45, 7) is 6.12. The van der Waals surface area contributed by atoms with Gasteiger partial charge in [-0.25, -0.2) is 0 Å². The predicted octanol–water partition coefficient (Wildman–Crippen LogP) is 4.89. The van der Waals surface area contributed by atoms with Gasteiger partial charge in [0.25, 0.3) is 0 Å². The van der Waals surface area contributed by atoms with E-state index in [1.807, 2.05) is 18.5 Å². The fourth-order valence-corrected chi connectivity index (χ4v) is 5.53. The third-order valence-electron chi connectivity index (χ3n) is 7.19. The van der Waals surface area contributed by atoms with Crippen molar-refractivity contribution >= 4 is 0 Å². The van der Waals surface area contributed by atoms with Crippen LogP contribution < -0.4 is 4.74 Å². The van der Waals surface area contributed by atoms with Crippen molar-refractivity contribution in [3.63, 3.8) is 0 Å². The average molecular weight is 438 g/mol. The van der Waals surface area contributed by atoms with Gasteiger partial charge in [-0.2, -0.15) is 0 Å². The number of nitrogens with zero attached hydrogens (tertiary/aromatic N) is 3. The molecular weight excluding hydrogens is 398 g/mol. The van der Waals surface area contributed by atoms with Crippen LogP contribution >= 0.6 is 0 Å². The average Bonchev–Trinajstić information content (AvgIpc) is 3.36. The summed E-state index contributed by atoms with van der Waals surface area (Å²) < 4.78 is 10.9. The zero-order chi connectivity index (χ0) is 22.2. The van der Waals surface area contributed by atoms with Crippen LogP contribution in [0.2, 0.25) is 0 Å². The lowest BCUT2D eigenvalue weighted by molar-refractivity contribution is 0.106. The molecule has 0 N–H and O–H groups in total. The van der Waals surface area contributed by atoms with E-state index in [0.717, 1.165) is 42.9 Å². The molecule has 0 radical (unpaired) electrons. The zero-order valence-electron chi connectivity index (χ0n) is 19.8. The lowest BCUT2D eigenvalue weighted by Crippen LogP contribution is -2.42. The molecule has 5 heteroatoms. The Kier molecular flexibility index (Phi) is 8.55. The summed E-state index contributed by atoms with van der Waals surface area (Å²) in [4.78, 5) is 9.72. The molecule has 0 unspecified atom stereocenters. The minimum atomic E-state index is 0.569. The highest BCUT2D eigenvalue weighted by molar-refractivity contribution is 5.37. The molecule has 0 spiro atoms. The lowest BCUT2D eigenvalue weighted by Gasteiger charge is -2.38. The van der Waals surface area contributed by atoms with Crippen LogP contribution in [0.4, 0.5) is 0 Å². The number of benzene rings is 1. The Bertz CT molecular complexity index is 815. The molecule has 5 nitrogen and oxygen atoms in total. The molecule has 0 amide bonds. The van der Waals surface area contributed by atoms with Crippen LogP contribution in [0.25, 0.3) is 0 Å². The van der Waals surface area contributed by atoms with Crippen LogP contribution in [-0.4, -0.2) is 54.7 Å². The number of hydrogen-bond acceptors (Lipinski definition) is 5. The number of pyridine rings is 1. The van der Waals surface area contributed by atoms with E-state index in [9.17, 15) is 0 Å². The monoisotopic (exact) mass is 437 g/mol. The van der Waals surface area contributed by atoms with Gasteiger partial charge in [0.1, 0.15) is 5.75 Å². The lowest BCUT2D eigenvalue weighted by atomic mass is 9.94. The molecule has 1 saturated carbocycles. The quantitative estimate of drug-likeness (QED) is 0.529. The highest BCUT2D eigenvalue weighted by Crippen LogP contribution is 2.29. The van der Waals surface area contributed by atoms with Gasteiger partial charge < -0.3 is 14.4 Å². The topological polar surface area (TPSA) is 37.8 Å². The summed E-state index contributed by atoms with van der Waals surface area (Å²) in [7, 11) is 3.46. The fourth-order valence-electron chi connectivity index (χ4n) is 5.53. The SMILES string of the molecule is COCc1cc(CN(Cc2cccnc2)CC2CCN(C3CCCC3)CC2)ccc1OC. The minimum Gasteiger partial charge on any atom is -0.496 e. The van der Waals surface area contributed by atoms with Gasteiger partial charge in [-0.1, -0.05) is 25.0 Å². The predicted molar refractivity (Wildman–Crippen MR) is 129 cm³/mol. The van der Waals surface area contributed by atoms with Crippen molar-refractivity contribution in [1.82, 2.24) is 14.8 Å². The van der Waals surface area contributed by atoms with Crippen LogP contribution in [0.3, 0.4) is 0 Å². The second-order valence-electron chi connectivity index (χ2n) is 9.53. The first-order valence-corrected chi connectivity index (χ1v) is 12.2. The summed E-state index contributed by atoms with van der Waals surface area (Å²) in [6.07, 6.45) is 12.2. The maximum Gasteiger partial charge on any atom is 0.124 e. The highest BCUT2D eigenvalue weighted by Gasteiger charge is 2.28. The first-order valence-electron chi connectivity index (χ1n) is 12.2. The van der Waals surface area contributed by atoms with Crippen LogP contribution in [-0.2, 0) is 24.4 Å². The second-order valence-corrected chi connectivity index (χ2v) is 9.53. The molecule has 1 aliphatic carbocycles. The number of likely N-dealkylation sites (tertiary alicyclic amines) is 1. The van der Waals surface area contributed by atoms with Crippen molar-refractivity contribution in [3.8, 4) is 5.75 Å². The third kappa shape index (κ3) is 6.31.